The number of aryl methyl sites for hydroxylation is 2. The number of rotatable bonds is 2. The Morgan fingerprint density at radius 1 is 1.43 bits per heavy atom. The van der Waals surface area contributed by atoms with Crippen molar-refractivity contribution in [3.8, 4) is 0 Å². The highest BCUT2D eigenvalue weighted by molar-refractivity contribution is 5.45. The summed E-state index contributed by atoms with van der Waals surface area (Å²) in [6, 6.07) is 4.43. The minimum Gasteiger partial charge on any atom is -0.321 e. The Hall–Kier alpha value is -1.08. The van der Waals surface area contributed by atoms with E-state index >= 15 is 0 Å². The van der Waals surface area contributed by atoms with Crippen LogP contribution in [0, 0.1) is 6.92 Å². The van der Waals surface area contributed by atoms with Crippen LogP contribution < -0.4 is 5.73 Å². The molecule has 0 amide bonds. The molecule has 1 unspecified atom stereocenters. The molecule has 0 saturated heterocycles. The Balaban J connectivity index is 2.56. The number of hydrogen-bond acceptors (Lipinski definition) is 1. The first kappa shape index (κ1) is 9.47. The van der Waals surface area contributed by atoms with Gasteiger partial charge in [0.2, 0.25) is 0 Å². The van der Waals surface area contributed by atoms with Crippen molar-refractivity contribution in [3.63, 3.8) is 0 Å². The second-order valence-electron chi connectivity index (χ2n) is 4.05. The van der Waals surface area contributed by atoms with Crippen LogP contribution in [0.15, 0.2) is 24.8 Å². The van der Waals surface area contributed by atoms with Crippen LogP contribution in [0.1, 0.15) is 34.7 Å². The Morgan fingerprint density at radius 3 is 2.93 bits per heavy atom. The first-order valence-electron chi connectivity index (χ1n) is 5.23. The number of nitrogens with two attached hydrogens (primary N) is 1. The van der Waals surface area contributed by atoms with Crippen molar-refractivity contribution in [1.82, 2.24) is 0 Å². The van der Waals surface area contributed by atoms with Gasteiger partial charge in [0.1, 0.15) is 0 Å². The van der Waals surface area contributed by atoms with Crippen molar-refractivity contribution in [2.75, 3.05) is 0 Å². The summed E-state index contributed by atoms with van der Waals surface area (Å²) in [5.41, 5.74) is 11.6. The topological polar surface area (TPSA) is 26.0 Å². The molecule has 0 aliphatic heterocycles. The highest BCUT2D eigenvalue weighted by Gasteiger charge is 2.18. The van der Waals surface area contributed by atoms with E-state index in [-0.39, 0.29) is 6.04 Å². The molecule has 1 aliphatic rings. The average molecular weight is 187 g/mol. The lowest BCUT2D eigenvalue weighted by Gasteiger charge is -2.15. The molecule has 2 N–H and O–H groups in total. The van der Waals surface area contributed by atoms with Crippen molar-refractivity contribution in [1.29, 1.82) is 0 Å². The summed E-state index contributed by atoms with van der Waals surface area (Å²) in [4.78, 5) is 0. The molecule has 0 spiro atoms. The summed E-state index contributed by atoms with van der Waals surface area (Å²) >= 11 is 0. The standard InChI is InChI=1S/C13H17N/c1-3-12(14)13-9(2)7-8-10-5-4-6-11(10)13/h3,7-8,12H,1,4-6,14H2,2H3. The third-order valence-corrected chi connectivity index (χ3v) is 3.13. The van der Waals surface area contributed by atoms with E-state index in [1.54, 1.807) is 0 Å². The predicted octanol–water partition coefficient (Wildman–Crippen LogP) is 2.67. The van der Waals surface area contributed by atoms with Gasteiger partial charge in [0, 0.05) is 6.04 Å². The van der Waals surface area contributed by atoms with Gasteiger partial charge in [-0.15, -0.1) is 6.58 Å². The van der Waals surface area contributed by atoms with Crippen LogP contribution in [0.3, 0.4) is 0 Å². The van der Waals surface area contributed by atoms with Crippen LogP contribution in [0.25, 0.3) is 0 Å². The maximum absolute atomic E-state index is 6.05. The molecule has 1 aromatic carbocycles. The number of hydrogen-bond donors (Lipinski definition) is 1. The molecule has 1 aromatic rings. The van der Waals surface area contributed by atoms with Gasteiger partial charge in [0.25, 0.3) is 0 Å². The summed E-state index contributed by atoms with van der Waals surface area (Å²) in [5, 5.41) is 0. The predicted molar refractivity (Wildman–Crippen MR) is 60.3 cm³/mol. The van der Waals surface area contributed by atoms with Gasteiger partial charge >= 0.3 is 0 Å². The molecule has 1 nitrogen and oxygen atoms in total. The molecule has 0 bridgehead atoms. The van der Waals surface area contributed by atoms with Crippen LogP contribution in [0.5, 0.6) is 0 Å². The molecular weight excluding hydrogens is 170 g/mol. The van der Waals surface area contributed by atoms with Crippen molar-refractivity contribution in [2.45, 2.75) is 32.2 Å². The lowest BCUT2D eigenvalue weighted by atomic mass is 9.93. The molecular formula is C13H17N. The van der Waals surface area contributed by atoms with E-state index in [1.807, 2.05) is 6.08 Å². The van der Waals surface area contributed by atoms with Crippen molar-refractivity contribution < 1.29 is 0 Å². The molecule has 0 fully saturated rings. The molecule has 1 heteroatoms. The van der Waals surface area contributed by atoms with E-state index in [2.05, 4.69) is 25.6 Å². The van der Waals surface area contributed by atoms with Gasteiger partial charge < -0.3 is 5.73 Å². The smallest absolute Gasteiger partial charge is 0.0484 e. The quantitative estimate of drug-likeness (QED) is 0.708. The zero-order valence-electron chi connectivity index (χ0n) is 8.72. The third kappa shape index (κ3) is 1.38. The van der Waals surface area contributed by atoms with Gasteiger partial charge in [0.15, 0.2) is 0 Å². The monoisotopic (exact) mass is 187 g/mol. The Kier molecular flexibility index (Phi) is 2.42. The summed E-state index contributed by atoms with van der Waals surface area (Å²) in [6.07, 6.45) is 5.51. The van der Waals surface area contributed by atoms with Crippen molar-refractivity contribution >= 4 is 0 Å². The fourth-order valence-corrected chi connectivity index (χ4v) is 2.39. The Bertz CT molecular complexity index is 366. The molecule has 74 valence electrons. The lowest BCUT2D eigenvalue weighted by molar-refractivity contribution is 0.862. The van der Waals surface area contributed by atoms with E-state index in [0.717, 1.165) is 0 Å². The summed E-state index contributed by atoms with van der Waals surface area (Å²) in [7, 11) is 0. The van der Waals surface area contributed by atoms with E-state index in [0.29, 0.717) is 0 Å². The largest absolute Gasteiger partial charge is 0.321 e. The van der Waals surface area contributed by atoms with Gasteiger partial charge in [-0.25, -0.2) is 0 Å². The summed E-state index contributed by atoms with van der Waals surface area (Å²) in [5.74, 6) is 0. The average Bonchev–Trinajstić information content (AvgIpc) is 2.64. The molecule has 1 aliphatic carbocycles. The normalized spacial score (nSPS) is 16.4. The molecule has 0 heterocycles. The molecule has 14 heavy (non-hydrogen) atoms. The van der Waals surface area contributed by atoms with E-state index < -0.39 is 0 Å². The van der Waals surface area contributed by atoms with Gasteiger partial charge in [-0.2, -0.15) is 0 Å². The molecule has 0 aromatic heterocycles. The van der Waals surface area contributed by atoms with Crippen molar-refractivity contribution in [2.24, 2.45) is 5.73 Å². The van der Waals surface area contributed by atoms with Crippen LogP contribution >= 0.6 is 0 Å². The second kappa shape index (κ2) is 3.58. The van der Waals surface area contributed by atoms with Gasteiger partial charge in [-0.1, -0.05) is 18.2 Å². The molecule has 1 atom stereocenters. The fourth-order valence-electron chi connectivity index (χ4n) is 2.39. The number of benzene rings is 1. The lowest BCUT2D eigenvalue weighted by Crippen LogP contribution is -2.11. The summed E-state index contributed by atoms with van der Waals surface area (Å²) < 4.78 is 0. The van der Waals surface area contributed by atoms with Gasteiger partial charge in [-0.05, 0) is 48.4 Å². The third-order valence-electron chi connectivity index (χ3n) is 3.13. The van der Waals surface area contributed by atoms with Gasteiger partial charge in [0.05, 0.1) is 0 Å². The van der Waals surface area contributed by atoms with Crippen LogP contribution in [-0.2, 0) is 12.8 Å². The maximum atomic E-state index is 6.05. The zero-order valence-corrected chi connectivity index (χ0v) is 8.72. The minimum atomic E-state index is 0.00282. The first-order valence-corrected chi connectivity index (χ1v) is 5.23. The van der Waals surface area contributed by atoms with Crippen LogP contribution in [-0.4, -0.2) is 0 Å². The fraction of sp³-hybridized carbons (Fsp3) is 0.385. The SMILES string of the molecule is C=CC(N)c1c(C)ccc2c1CCC2. The Morgan fingerprint density at radius 2 is 2.21 bits per heavy atom. The zero-order chi connectivity index (χ0) is 10.1. The van der Waals surface area contributed by atoms with E-state index in [1.165, 1.54) is 41.5 Å². The Labute approximate surface area is 85.6 Å². The first-order chi connectivity index (χ1) is 6.74. The molecule has 2 rings (SSSR count). The van der Waals surface area contributed by atoms with Crippen LogP contribution in [0.4, 0.5) is 0 Å². The maximum Gasteiger partial charge on any atom is 0.0484 e. The highest BCUT2D eigenvalue weighted by atomic mass is 14.6. The molecule has 0 radical (unpaired) electrons. The van der Waals surface area contributed by atoms with Crippen LogP contribution in [0.2, 0.25) is 0 Å². The second-order valence-corrected chi connectivity index (χ2v) is 4.05. The molecule has 0 saturated carbocycles. The van der Waals surface area contributed by atoms with E-state index in [4.69, 9.17) is 5.73 Å². The van der Waals surface area contributed by atoms with E-state index in [9.17, 15) is 0 Å². The summed E-state index contributed by atoms with van der Waals surface area (Å²) in [6.45, 7) is 5.91. The van der Waals surface area contributed by atoms with Crippen molar-refractivity contribution in [3.05, 3.63) is 47.0 Å². The highest BCUT2D eigenvalue weighted by Crippen LogP contribution is 2.31. The number of fused-ring (bicyclic) bond motifs is 1. The van der Waals surface area contributed by atoms with Gasteiger partial charge in [-0.3, -0.25) is 0 Å². The minimum absolute atomic E-state index is 0.00282.